The van der Waals surface area contributed by atoms with Crippen LogP contribution in [-0.4, -0.2) is 30.7 Å². The van der Waals surface area contributed by atoms with Crippen LogP contribution >= 0.6 is 11.6 Å². The number of rotatable bonds is 8. The molecule has 160 valence electrons. The van der Waals surface area contributed by atoms with E-state index in [2.05, 4.69) is 16.9 Å². The van der Waals surface area contributed by atoms with Gasteiger partial charge in [-0.3, -0.25) is 0 Å². The Kier molecular flexibility index (Phi) is 6.06. The smallest absolute Gasteiger partial charge is 0.336 e. The molecule has 0 saturated carbocycles. The van der Waals surface area contributed by atoms with Gasteiger partial charge in [-0.05, 0) is 36.2 Å². The number of unbranched alkanes of at least 4 members (excludes halogenated alkanes) is 1. The van der Waals surface area contributed by atoms with E-state index < -0.39 is 5.97 Å². The second-order valence-corrected chi connectivity index (χ2v) is 7.64. The maximum Gasteiger partial charge on any atom is 0.336 e. The number of aryl methyl sites for hydroxylation is 1. The monoisotopic (exact) mass is 439 g/mol. The summed E-state index contributed by atoms with van der Waals surface area (Å²) in [6.07, 6.45) is 2.78. The van der Waals surface area contributed by atoms with Crippen LogP contribution in [0, 0.1) is 0 Å². The number of aromatic carboxylic acids is 1. The molecule has 0 atom stereocenters. The third kappa shape index (κ3) is 4.19. The van der Waals surface area contributed by atoms with Gasteiger partial charge in [-0.2, -0.15) is 0 Å². The number of carboxylic acids is 1. The second-order valence-electron chi connectivity index (χ2n) is 7.29. The Morgan fingerprint density at radius 1 is 1.19 bits per heavy atom. The molecule has 31 heavy (non-hydrogen) atoms. The summed E-state index contributed by atoms with van der Waals surface area (Å²) in [5.41, 5.74) is 3.27. The highest BCUT2D eigenvalue weighted by Crippen LogP contribution is 2.28. The minimum Gasteiger partial charge on any atom is -0.478 e. The summed E-state index contributed by atoms with van der Waals surface area (Å²) in [6.45, 7) is 2.39. The summed E-state index contributed by atoms with van der Waals surface area (Å²) >= 11 is 6.23. The molecule has 4 rings (SSSR count). The van der Waals surface area contributed by atoms with Crippen LogP contribution in [0.2, 0.25) is 5.15 Å². The Balaban J connectivity index is 1.70. The number of aromatic nitrogens is 3. The normalized spacial score (nSPS) is 11.3. The largest absolute Gasteiger partial charge is 0.478 e. The van der Waals surface area contributed by atoms with Gasteiger partial charge in [0.25, 0.3) is 0 Å². The summed E-state index contributed by atoms with van der Waals surface area (Å²) in [7, 11) is 0. The highest BCUT2D eigenvalue weighted by molar-refractivity contribution is 6.30. The van der Waals surface area contributed by atoms with Crippen LogP contribution in [0.25, 0.3) is 22.6 Å². The Bertz CT molecular complexity index is 1250. The fourth-order valence-electron chi connectivity index (χ4n) is 3.59. The zero-order valence-corrected chi connectivity index (χ0v) is 17.8. The predicted octanol–water partition coefficient (Wildman–Crippen LogP) is 4.93. The van der Waals surface area contributed by atoms with E-state index in [1.165, 1.54) is 6.07 Å². The van der Waals surface area contributed by atoms with E-state index >= 15 is 0 Å². The first-order valence-corrected chi connectivity index (χ1v) is 10.5. The molecule has 0 aliphatic carbocycles. The number of carboxylic acid groups (broad SMARTS) is 1. The molecule has 0 fully saturated rings. The molecule has 2 aromatic carbocycles. The number of nitrogens with zero attached hydrogens (tertiary/aromatic N) is 3. The van der Waals surface area contributed by atoms with E-state index in [9.17, 15) is 15.0 Å². The van der Waals surface area contributed by atoms with Gasteiger partial charge < -0.3 is 19.2 Å². The van der Waals surface area contributed by atoms with E-state index in [0.717, 1.165) is 30.7 Å². The molecule has 8 heteroatoms. The lowest BCUT2D eigenvalue weighted by molar-refractivity contribution is 0.0697. The molecule has 0 aliphatic heterocycles. The van der Waals surface area contributed by atoms with Gasteiger partial charge in [0, 0.05) is 13.0 Å². The predicted molar refractivity (Wildman–Crippen MR) is 117 cm³/mol. The second kappa shape index (κ2) is 8.91. The zero-order valence-electron chi connectivity index (χ0n) is 17.0. The first kappa shape index (κ1) is 21.1. The number of hydrogen-bond acceptors (Lipinski definition) is 5. The van der Waals surface area contributed by atoms with Gasteiger partial charge in [0.15, 0.2) is 10.7 Å². The first-order chi connectivity index (χ1) is 15.0. The maximum atomic E-state index is 11.5. The van der Waals surface area contributed by atoms with Crippen molar-refractivity contribution in [1.82, 2.24) is 14.5 Å². The molecule has 0 unspecified atom stereocenters. The lowest BCUT2D eigenvalue weighted by Crippen LogP contribution is -2.09. The molecular formula is C23H22ClN3O4. The van der Waals surface area contributed by atoms with Crippen molar-refractivity contribution in [2.45, 2.75) is 39.3 Å². The van der Waals surface area contributed by atoms with Crippen LogP contribution in [0.4, 0.5) is 0 Å². The number of imidazole rings is 1. The molecule has 0 saturated heterocycles. The molecule has 7 nitrogen and oxygen atoms in total. The van der Waals surface area contributed by atoms with Gasteiger partial charge in [-0.15, -0.1) is 0 Å². The van der Waals surface area contributed by atoms with Crippen molar-refractivity contribution >= 4 is 28.7 Å². The van der Waals surface area contributed by atoms with Gasteiger partial charge in [0.05, 0.1) is 23.4 Å². The summed E-state index contributed by atoms with van der Waals surface area (Å²) in [4.78, 5) is 20.4. The van der Waals surface area contributed by atoms with Gasteiger partial charge in [-0.25, -0.2) is 14.8 Å². The molecular weight excluding hydrogens is 418 g/mol. The van der Waals surface area contributed by atoms with E-state index in [1.54, 1.807) is 18.2 Å². The average molecular weight is 440 g/mol. The lowest BCUT2D eigenvalue weighted by Gasteiger charge is -2.11. The van der Waals surface area contributed by atoms with Crippen molar-refractivity contribution in [2.24, 2.45) is 0 Å². The van der Waals surface area contributed by atoms with Crippen LogP contribution in [0.15, 0.2) is 46.9 Å². The fourth-order valence-corrected chi connectivity index (χ4v) is 3.85. The number of fused-ring (bicyclic) bond motifs is 1. The standard InChI is InChI=1S/C23H22ClN3O4/c1-2-3-8-20-26-21(24)18(13-28)27(20)12-14-9-10-17-19(11-14)31-22(25-17)15-6-4-5-7-16(15)23(29)30/h4-7,9-11,28H,2-3,8,12-13H2,1H3,(H,29,30). The van der Waals surface area contributed by atoms with Crippen molar-refractivity contribution in [2.75, 3.05) is 0 Å². The van der Waals surface area contributed by atoms with Crippen LogP contribution in [0.3, 0.4) is 0 Å². The van der Waals surface area contributed by atoms with Gasteiger partial charge in [0.1, 0.15) is 11.3 Å². The first-order valence-electron chi connectivity index (χ1n) is 10.1. The van der Waals surface area contributed by atoms with Crippen LogP contribution in [0.5, 0.6) is 0 Å². The minimum atomic E-state index is -1.04. The highest BCUT2D eigenvalue weighted by atomic mass is 35.5. The third-order valence-electron chi connectivity index (χ3n) is 5.19. The molecule has 2 N–H and O–H groups in total. The number of aliphatic hydroxyl groups is 1. The molecule has 0 spiro atoms. The van der Waals surface area contributed by atoms with Gasteiger partial charge >= 0.3 is 5.97 Å². The topological polar surface area (TPSA) is 101 Å². The van der Waals surface area contributed by atoms with E-state index in [1.807, 2.05) is 22.8 Å². The van der Waals surface area contributed by atoms with Crippen molar-refractivity contribution in [1.29, 1.82) is 0 Å². The Hall–Kier alpha value is -3.16. The van der Waals surface area contributed by atoms with Crippen molar-refractivity contribution < 1.29 is 19.4 Å². The van der Waals surface area contributed by atoms with Crippen LogP contribution in [0.1, 0.15) is 47.2 Å². The zero-order chi connectivity index (χ0) is 22.0. The summed E-state index contributed by atoms with van der Waals surface area (Å²) < 4.78 is 7.85. The SMILES string of the molecule is CCCCc1nc(Cl)c(CO)n1Cc1ccc2nc(-c3ccccc3C(=O)O)oc2c1. The minimum absolute atomic E-state index is 0.135. The molecule has 0 bridgehead atoms. The number of carbonyl (C=O) groups is 1. The lowest BCUT2D eigenvalue weighted by atomic mass is 10.1. The maximum absolute atomic E-state index is 11.5. The van der Waals surface area contributed by atoms with Crippen LogP contribution in [-0.2, 0) is 19.6 Å². The summed E-state index contributed by atoms with van der Waals surface area (Å²) in [5, 5.41) is 19.5. The molecule has 2 aromatic heterocycles. The quantitative estimate of drug-likeness (QED) is 0.403. The van der Waals surface area contributed by atoms with Crippen molar-refractivity contribution in [3.05, 3.63) is 70.3 Å². The fraction of sp³-hybridized carbons (Fsp3) is 0.261. The summed E-state index contributed by atoms with van der Waals surface area (Å²) in [6, 6.07) is 12.2. The van der Waals surface area contributed by atoms with Gasteiger partial charge in [-0.1, -0.05) is 43.1 Å². The Morgan fingerprint density at radius 2 is 2.00 bits per heavy atom. The van der Waals surface area contributed by atoms with Crippen molar-refractivity contribution in [3.63, 3.8) is 0 Å². The number of oxazole rings is 1. The third-order valence-corrected chi connectivity index (χ3v) is 5.49. The molecule has 0 radical (unpaired) electrons. The van der Waals surface area contributed by atoms with Crippen LogP contribution < -0.4 is 0 Å². The average Bonchev–Trinajstić information content (AvgIpc) is 3.32. The molecule has 2 heterocycles. The van der Waals surface area contributed by atoms with Crippen molar-refractivity contribution in [3.8, 4) is 11.5 Å². The highest BCUT2D eigenvalue weighted by Gasteiger charge is 2.18. The Morgan fingerprint density at radius 3 is 2.74 bits per heavy atom. The van der Waals surface area contributed by atoms with E-state index in [0.29, 0.717) is 34.1 Å². The van der Waals surface area contributed by atoms with Gasteiger partial charge in [0.2, 0.25) is 5.89 Å². The molecule has 0 aliphatic rings. The molecule has 4 aromatic rings. The number of hydrogen-bond donors (Lipinski definition) is 2. The molecule has 0 amide bonds. The van der Waals surface area contributed by atoms with E-state index in [-0.39, 0.29) is 18.1 Å². The van der Waals surface area contributed by atoms with E-state index in [4.69, 9.17) is 16.0 Å². The Labute approximate surface area is 183 Å². The summed E-state index contributed by atoms with van der Waals surface area (Å²) in [5.74, 6) is 0.0619. The number of aliphatic hydroxyl groups excluding tert-OH is 1. The number of benzene rings is 2. The number of halogens is 1.